The number of anilines is 2. The normalized spacial score (nSPS) is 12.6. The summed E-state index contributed by atoms with van der Waals surface area (Å²) in [7, 11) is 1.74. The zero-order chi connectivity index (χ0) is 20.0. The van der Waals surface area contributed by atoms with E-state index < -0.39 is 6.04 Å². The molecule has 2 aromatic rings. The molecule has 8 heteroatoms. The minimum absolute atomic E-state index is 0.0781. The first-order valence-electron chi connectivity index (χ1n) is 8.19. The lowest BCUT2D eigenvalue weighted by molar-refractivity contribution is -0.885. The Balaban J connectivity index is 1.94. The van der Waals surface area contributed by atoms with E-state index in [1.807, 2.05) is 6.07 Å². The molecular weight excluding hydrogens is 387 g/mol. The number of quaternary nitrogens is 1. The van der Waals surface area contributed by atoms with Gasteiger partial charge in [-0.2, -0.15) is 5.26 Å². The van der Waals surface area contributed by atoms with Gasteiger partial charge in [0.05, 0.1) is 28.3 Å². The quantitative estimate of drug-likeness (QED) is 0.689. The van der Waals surface area contributed by atoms with E-state index in [1.165, 1.54) is 0 Å². The van der Waals surface area contributed by atoms with Gasteiger partial charge in [-0.1, -0.05) is 35.3 Å². The van der Waals surface area contributed by atoms with Crippen LogP contribution in [0.1, 0.15) is 12.5 Å². The summed E-state index contributed by atoms with van der Waals surface area (Å²) >= 11 is 11.8. The van der Waals surface area contributed by atoms with Gasteiger partial charge in [0.2, 0.25) is 0 Å². The lowest BCUT2D eigenvalue weighted by Gasteiger charge is -2.21. The number of hydrogen-bond donors (Lipinski definition) is 3. The molecule has 0 heterocycles. The number of carbonyl (C=O) groups is 2. The number of nitriles is 1. The summed E-state index contributed by atoms with van der Waals surface area (Å²) in [5.41, 5.74) is 1.36. The van der Waals surface area contributed by atoms with Crippen molar-refractivity contribution in [2.24, 2.45) is 0 Å². The Bertz CT molecular complexity index is 896. The van der Waals surface area contributed by atoms with E-state index in [2.05, 4.69) is 10.6 Å². The van der Waals surface area contributed by atoms with Crippen molar-refractivity contribution in [3.63, 3.8) is 0 Å². The smallest absolute Gasteiger partial charge is 0.282 e. The van der Waals surface area contributed by atoms with Crippen molar-refractivity contribution in [1.29, 1.82) is 5.26 Å². The molecule has 1 unspecified atom stereocenters. The number of amides is 2. The van der Waals surface area contributed by atoms with Gasteiger partial charge in [0.25, 0.3) is 11.8 Å². The number of nitrogens with one attached hydrogen (secondary N) is 3. The highest BCUT2D eigenvalue weighted by atomic mass is 35.5. The Morgan fingerprint density at radius 3 is 2.52 bits per heavy atom. The Hall–Kier alpha value is -2.59. The van der Waals surface area contributed by atoms with Crippen molar-refractivity contribution >= 4 is 46.4 Å². The summed E-state index contributed by atoms with van der Waals surface area (Å²) in [6.45, 7) is 1.79. The summed E-state index contributed by atoms with van der Waals surface area (Å²) in [6.07, 6.45) is 0. The second-order valence-corrected chi connectivity index (χ2v) is 6.88. The Kier molecular flexibility index (Phi) is 7.19. The number of para-hydroxylation sites is 1. The van der Waals surface area contributed by atoms with E-state index in [9.17, 15) is 9.59 Å². The van der Waals surface area contributed by atoms with Crippen LogP contribution in [0.15, 0.2) is 42.5 Å². The van der Waals surface area contributed by atoms with Gasteiger partial charge in [-0.15, -0.1) is 0 Å². The van der Waals surface area contributed by atoms with Gasteiger partial charge in [0, 0.05) is 5.69 Å². The van der Waals surface area contributed by atoms with Crippen LogP contribution in [0.2, 0.25) is 10.0 Å². The van der Waals surface area contributed by atoms with Gasteiger partial charge in [0.1, 0.15) is 6.07 Å². The third-order valence-corrected chi connectivity index (χ3v) is 4.82. The van der Waals surface area contributed by atoms with Gasteiger partial charge < -0.3 is 15.5 Å². The molecule has 0 saturated carbocycles. The summed E-state index contributed by atoms with van der Waals surface area (Å²) in [5.74, 6) is -0.541. The fourth-order valence-electron chi connectivity index (χ4n) is 2.34. The zero-order valence-corrected chi connectivity index (χ0v) is 16.4. The molecule has 2 atom stereocenters. The van der Waals surface area contributed by atoms with Crippen molar-refractivity contribution < 1.29 is 14.5 Å². The molecule has 0 bridgehead atoms. The van der Waals surface area contributed by atoms with E-state index in [0.29, 0.717) is 31.9 Å². The van der Waals surface area contributed by atoms with Crippen molar-refractivity contribution in [2.75, 3.05) is 24.2 Å². The minimum Gasteiger partial charge on any atom is -0.321 e. The minimum atomic E-state index is -0.503. The van der Waals surface area contributed by atoms with Crippen LogP contribution in [0, 0.1) is 11.3 Å². The van der Waals surface area contributed by atoms with E-state index in [0.717, 1.165) is 0 Å². The maximum atomic E-state index is 12.4. The van der Waals surface area contributed by atoms with Crippen LogP contribution in [-0.2, 0) is 9.59 Å². The van der Waals surface area contributed by atoms with Crippen LogP contribution < -0.4 is 15.5 Å². The van der Waals surface area contributed by atoms with E-state index in [4.69, 9.17) is 28.5 Å². The molecule has 6 nitrogen and oxygen atoms in total. The highest BCUT2D eigenvalue weighted by molar-refractivity contribution is 6.42. The van der Waals surface area contributed by atoms with Crippen molar-refractivity contribution in [2.45, 2.75) is 13.0 Å². The molecule has 0 radical (unpaired) electrons. The molecule has 0 aliphatic carbocycles. The van der Waals surface area contributed by atoms with Gasteiger partial charge in [-0.05, 0) is 37.3 Å². The number of likely N-dealkylation sites (N-methyl/N-ethyl adjacent to an activating group) is 1. The SMILES string of the molecule is C[C@H](C(=O)Nc1ccccc1C#N)[NH+](C)CC(=O)Nc1ccc(Cl)c(Cl)c1. The fourth-order valence-corrected chi connectivity index (χ4v) is 2.64. The summed E-state index contributed by atoms with van der Waals surface area (Å²) in [4.78, 5) is 25.4. The summed E-state index contributed by atoms with van der Waals surface area (Å²) in [5, 5.41) is 15.3. The molecule has 0 spiro atoms. The first kappa shape index (κ1) is 20.7. The van der Waals surface area contributed by atoms with Gasteiger partial charge in [0.15, 0.2) is 12.6 Å². The molecule has 3 N–H and O–H groups in total. The average molecular weight is 406 g/mol. The number of benzene rings is 2. The molecule has 140 valence electrons. The highest BCUT2D eigenvalue weighted by Gasteiger charge is 2.24. The molecular formula is C19H19Cl2N4O2+. The third kappa shape index (κ3) is 5.69. The highest BCUT2D eigenvalue weighted by Crippen LogP contribution is 2.24. The topological polar surface area (TPSA) is 86.4 Å². The summed E-state index contributed by atoms with van der Waals surface area (Å²) < 4.78 is 0. The largest absolute Gasteiger partial charge is 0.321 e. The molecule has 0 aliphatic rings. The van der Waals surface area contributed by atoms with Crippen LogP contribution in [-0.4, -0.2) is 31.4 Å². The first-order valence-corrected chi connectivity index (χ1v) is 8.94. The van der Waals surface area contributed by atoms with E-state index in [1.54, 1.807) is 56.4 Å². The number of hydrogen-bond acceptors (Lipinski definition) is 3. The Morgan fingerprint density at radius 2 is 1.85 bits per heavy atom. The predicted molar refractivity (Wildman–Crippen MR) is 106 cm³/mol. The zero-order valence-electron chi connectivity index (χ0n) is 14.8. The second-order valence-electron chi connectivity index (χ2n) is 6.07. The van der Waals surface area contributed by atoms with Crippen LogP contribution in [0.5, 0.6) is 0 Å². The van der Waals surface area contributed by atoms with E-state index >= 15 is 0 Å². The van der Waals surface area contributed by atoms with Crippen LogP contribution in [0.25, 0.3) is 0 Å². The van der Waals surface area contributed by atoms with Gasteiger partial charge in [-0.3, -0.25) is 9.59 Å². The molecule has 0 saturated heterocycles. The second kappa shape index (κ2) is 9.38. The molecule has 27 heavy (non-hydrogen) atoms. The molecule has 0 aliphatic heterocycles. The van der Waals surface area contributed by atoms with E-state index in [-0.39, 0.29) is 18.4 Å². The fraction of sp³-hybridized carbons (Fsp3) is 0.211. The Morgan fingerprint density at radius 1 is 1.15 bits per heavy atom. The maximum absolute atomic E-state index is 12.4. The third-order valence-electron chi connectivity index (χ3n) is 4.08. The molecule has 2 aromatic carbocycles. The first-order chi connectivity index (χ1) is 12.8. The lowest BCUT2D eigenvalue weighted by atomic mass is 10.2. The van der Waals surface area contributed by atoms with Crippen molar-refractivity contribution in [1.82, 2.24) is 0 Å². The predicted octanol–water partition coefficient (Wildman–Crippen LogP) is 2.35. The summed E-state index contributed by atoms with van der Waals surface area (Å²) in [6, 6.07) is 13.1. The van der Waals surface area contributed by atoms with Crippen molar-refractivity contribution in [3.05, 3.63) is 58.1 Å². The Labute approximate surface area is 167 Å². The standard InChI is InChI=1S/C19H18Cl2N4O2/c1-12(19(27)24-17-6-4-3-5-13(17)10-22)25(2)11-18(26)23-14-7-8-15(20)16(21)9-14/h3-9,12H,11H2,1-2H3,(H,23,26)(H,24,27)/p+1/t12-/m1/s1. The van der Waals surface area contributed by atoms with Crippen LogP contribution in [0.4, 0.5) is 11.4 Å². The number of halogens is 2. The molecule has 0 aromatic heterocycles. The molecule has 2 amide bonds. The number of rotatable bonds is 6. The number of carbonyl (C=O) groups excluding carboxylic acids is 2. The maximum Gasteiger partial charge on any atom is 0.282 e. The average Bonchev–Trinajstić information content (AvgIpc) is 2.64. The van der Waals surface area contributed by atoms with Crippen LogP contribution >= 0.6 is 23.2 Å². The number of nitrogens with zero attached hydrogens (tertiary/aromatic N) is 1. The monoisotopic (exact) mass is 405 g/mol. The molecule has 2 rings (SSSR count). The lowest BCUT2D eigenvalue weighted by Crippen LogP contribution is -3.14. The van der Waals surface area contributed by atoms with Crippen LogP contribution in [0.3, 0.4) is 0 Å². The van der Waals surface area contributed by atoms with Crippen molar-refractivity contribution in [3.8, 4) is 6.07 Å². The molecule has 0 fully saturated rings. The van der Waals surface area contributed by atoms with Gasteiger partial charge in [-0.25, -0.2) is 0 Å². The van der Waals surface area contributed by atoms with Gasteiger partial charge >= 0.3 is 0 Å².